The fraction of sp³-hybridized carbons (Fsp3) is 0.625. The molecule has 0 aliphatic heterocycles. The molecular weight excluding hydrogens is 272 g/mol. The number of aryl methyl sites for hydroxylation is 1. The molecule has 0 aromatic heterocycles. The summed E-state index contributed by atoms with van der Waals surface area (Å²) in [7, 11) is 0. The second-order valence-electron chi connectivity index (χ2n) is 5.72. The van der Waals surface area contributed by atoms with Crippen LogP contribution in [0.1, 0.15) is 61.9 Å². The van der Waals surface area contributed by atoms with Crippen LogP contribution in [-0.2, 0) is 6.42 Å². The molecule has 2 rings (SSSR count). The third-order valence-corrected chi connectivity index (χ3v) is 5.80. The third kappa shape index (κ3) is 2.93. The van der Waals surface area contributed by atoms with Crippen molar-refractivity contribution in [3.8, 4) is 0 Å². The number of hydrogen-bond acceptors (Lipinski definition) is 0. The van der Waals surface area contributed by atoms with Crippen molar-refractivity contribution < 1.29 is 0 Å². The van der Waals surface area contributed by atoms with E-state index in [0.29, 0.717) is 10.2 Å². The van der Waals surface area contributed by atoms with Crippen LogP contribution in [0.4, 0.5) is 0 Å². The molecule has 1 aliphatic rings. The molecule has 0 nitrogen and oxygen atoms in total. The molecule has 1 unspecified atom stereocenters. The van der Waals surface area contributed by atoms with E-state index in [1.807, 2.05) is 0 Å². The predicted molar refractivity (Wildman–Crippen MR) is 78.7 cm³/mol. The lowest BCUT2D eigenvalue weighted by Crippen LogP contribution is -2.17. The Kier molecular flexibility index (Phi) is 4.30. The first-order chi connectivity index (χ1) is 8.15. The summed E-state index contributed by atoms with van der Waals surface area (Å²) in [5, 5.41) is 0. The second-order valence-corrected chi connectivity index (χ2v) is 6.63. The molecule has 1 saturated carbocycles. The SMILES string of the molecule is CCCc1ccc(C(Br)C2(C)CCCC2)cc1. The maximum absolute atomic E-state index is 3.93. The molecule has 0 N–H and O–H groups in total. The van der Waals surface area contributed by atoms with Crippen molar-refractivity contribution in [3.63, 3.8) is 0 Å². The Morgan fingerprint density at radius 1 is 1.18 bits per heavy atom. The van der Waals surface area contributed by atoms with Crippen LogP contribution in [0.15, 0.2) is 24.3 Å². The lowest BCUT2D eigenvalue weighted by Gasteiger charge is -2.30. The van der Waals surface area contributed by atoms with Gasteiger partial charge in [-0.1, -0.05) is 73.3 Å². The average molecular weight is 295 g/mol. The Morgan fingerprint density at radius 2 is 1.76 bits per heavy atom. The molecule has 1 aromatic carbocycles. The van der Waals surface area contributed by atoms with Crippen LogP contribution in [0.2, 0.25) is 0 Å². The summed E-state index contributed by atoms with van der Waals surface area (Å²) in [6.45, 7) is 4.67. The highest BCUT2D eigenvalue weighted by Gasteiger charge is 2.36. The van der Waals surface area contributed by atoms with Crippen molar-refractivity contribution >= 4 is 15.9 Å². The molecule has 0 bridgehead atoms. The van der Waals surface area contributed by atoms with Crippen molar-refractivity contribution in [2.45, 2.75) is 57.2 Å². The van der Waals surface area contributed by atoms with Gasteiger partial charge in [-0.2, -0.15) is 0 Å². The molecule has 0 radical (unpaired) electrons. The Hall–Kier alpha value is -0.300. The maximum Gasteiger partial charge on any atom is 0.0448 e. The van der Waals surface area contributed by atoms with Gasteiger partial charge in [0, 0.05) is 4.83 Å². The van der Waals surface area contributed by atoms with Gasteiger partial charge >= 0.3 is 0 Å². The minimum Gasteiger partial charge on any atom is -0.0833 e. The van der Waals surface area contributed by atoms with Crippen molar-refractivity contribution in [2.75, 3.05) is 0 Å². The van der Waals surface area contributed by atoms with Gasteiger partial charge in [0.15, 0.2) is 0 Å². The number of rotatable bonds is 4. The standard InChI is InChI=1S/C16H23Br/c1-3-6-13-7-9-14(10-8-13)15(17)16(2)11-4-5-12-16/h7-10,15H,3-6,11-12H2,1-2H3. The molecule has 17 heavy (non-hydrogen) atoms. The number of hydrogen-bond donors (Lipinski definition) is 0. The molecule has 94 valence electrons. The van der Waals surface area contributed by atoms with Crippen LogP contribution in [0.3, 0.4) is 0 Å². The summed E-state index contributed by atoms with van der Waals surface area (Å²) in [5.41, 5.74) is 3.38. The van der Waals surface area contributed by atoms with Crippen LogP contribution >= 0.6 is 15.9 Å². The molecule has 1 heteroatoms. The zero-order chi connectivity index (χ0) is 12.3. The maximum atomic E-state index is 3.93. The molecule has 1 fully saturated rings. The first kappa shape index (κ1) is 13.1. The monoisotopic (exact) mass is 294 g/mol. The average Bonchev–Trinajstić information content (AvgIpc) is 2.78. The molecule has 1 aliphatic carbocycles. The lowest BCUT2D eigenvalue weighted by atomic mass is 9.82. The van der Waals surface area contributed by atoms with E-state index in [-0.39, 0.29) is 0 Å². The Bertz CT molecular complexity index is 346. The Morgan fingerprint density at radius 3 is 2.29 bits per heavy atom. The second kappa shape index (κ2) is 5.56. The highest BCUT2D eigenvalue weighted by molar-refractivity contribution is 9.09. The lowest BCUT2D eigenvalue weighted by molar-refractivity contribution is 0.331. The normalized spacial score (nSPS) is 20.4. The van der Waals surface area contributed by atoms with Gasteiger partial charge in [-0.3, -0.25) is 0 Å². The largest absolute Gasteiger partial charge is 0.0833 e. The van der Waals surface area contributed by atoms with Crippen LogP contribution in [0.5, 0.6) is 0 Å². The zero-order valence-electron chi connectivity index (χ0n) is 11.0. The first-order valence-electron chi connectivity index (χ1n) is 6.88. The summed E-state index contributed by atoms with van der Waals surface area (Å²) in [4.78, 5) is 0.521. The van der Waals surface area contributed by atoms with Gasteiger partial charge < -0.3 is 0 Å². The Balaban J connectivity index is 2.11. The molecular formula is C16H23Br. The molecule has 0 spiro atoms. The summed E-state index contributed by atoms with van der Waals surface area (Å²) in [5.74, 6) is 0. The highest BCUT2D eigenvalue weighted by Crippen LogP contribution is 2.51. The quantitative estimate of drug-likeness (QED) is 0.629. The topological polar surface area (TPSA) is 0 Å². The number of benzene rings is 1. The summed E-state index contributed by atoms with van der Waals surface area (Å²) in [6, 6.07) is 9.22. The zero-order valence-corrected chi connectivity index (χ0v) is 12.6. The Labute approximate surface area is 114 Å². The fourth-order valence-electron chi connectivity index (χ4n) is 2.98. The number of alkyl halides is 1. The van der Waals surface area contributed by atoms with Crippen LogP contribution in [0.25, 0.3) is 0 Å². The van der Waals surface area contributed by atoms with E-state index in [0.717, 1.165) is 0 Å². The van der Waals surface area contributed by atoms with Gasteiger partial charge in [0.05, 0.1) is 0 Å². The molecule has 0 amide bonds. The smallest absolute Gasteiger partial charge is 0.0448 e. The van der Waals surface area contributed by atoms with E-state index in [9.17, 15) is 0 Å². The first-order valence-corrected chi connectivity index (χ1v) is 7.80. The fourth-order valence-corrected chi connectivity index (χ4v) is 3.74. The van der Waals surface area contributed by atoms with E-state index < -0.39 is 0 Å². The van der Waals surface area contributed by atoms with Crippen molar-refractivity contribution in [1.82, 2.24) is 0 Å². The van der Waals surface area contributed by atoms with Crippen molar-refractivity contribution in [2.24, 2.45) is 5.41 Å². The predicted octanol–water partition coefficient (Wildman–Crippen LogP) is 5.66. The highest BCUT2D eigenvalue weighted by atomic mass is 79.9. The molecule has 0 heterocycles. The minimum absolute atomic E-state index is 0.465. The van der Waals surface area contributed by atoms with E-state index in [1.165, 1.54) is 49.7 Å². The van der Waals surface area contributed by atoms with Gasteiger partial charge in [0.2, 0.25) is 0 Å². The molecule has 0 saturated heterocycles. The van der Waals surface area contributed by atoms with Gasteiger partial charge in [0.1, 0.15) is 0 Å². The summed E-state index contributed by atoms with van der Waals surface area (Å²) >= 11 is 3.93. The third-order valence-electron chi connectivity index (χ3n) is 4.17. The van der Waals surface area contributed by atoms with Gasteiger partial charge in [0.25, 0.3) is 0 Å². The van der Waals surface area contributed by atoms with Gasteiger partial charge in [-0.15, -0.1) is 0 Å². The van der Waals surface area contributed by atoms with Crippen LogP contribution < -0.4 is 0 Å². The van der Waals surface area contributed by atoms with E-state index in [1.54, 1.807) is 0 Å². The van der Waals surface area contributed by atoms with Gasteiger partial charge in [-0.05, 0) is 35.8 Å². The minimum atomic E-state index is 0.465. The van der Waals surface area contributed by atoms with Gasteiger partial charge in [-0.25, -0.2) is 0 Å². The van der Waals surface area contributed by atoms with E-state index in [2.05, 4.69) is 54.0 Å². The van der Waals surface area contributed by atoms with E-state index >= 15 is 0 Å². The summed E-state index contributed by atoms with van der Waals surface area (Å²) in [6.07, 6.45) is 7.94. The van der Waals surface area contributed by atoms with Crippen molar-refractivity contribution in [1.29, 1.82) is 0 Å². The van der Waals surface area contributed by atoms with Crippen LogP contribution in [-0.4, -0.2) is 0 Å². The molecule has 1 aromatic rings. The summed E-state index contributed by atoms with van der Waals surface area (Å²) < 4.78 is 0. The van der Waals surface area contributed by atoms with Crippen LogP contribution in [0, 0.1) is 5.41 Å². The molecule has 1 atom stereocenters. The number of halogens is 1. The van der Waals surface area contributed by atoms with Crippen molar-refractivity contribution in [3.05, 3.63) is 35.4 Å². The van der Waals surface area contributed by atoms with E-state index in [4.69, 9.17) is 0 Å².